The maximum absolute atomic E-state index is 14.1. The van der Waals surface area contributed by atoms with Gasteiger partial charge >= 0.3 is 12.3 Å². The molecule has 0 saturated carbocycles. The molecule has 39 heavy (non-hydrogen) atoms. The Morgan fingerprint density at radius 3 is 2.05 bits per heavy atom. The number of carbonyl (C=O) groups excluding carboxylic acids is 4. The van der Waals surface area contributed by atoms with Crippen LogP contribution in [0.15, 0.2) is 66.9 Å². The summed E-state index contributed by atoms with van der Waals surface area (Å²) in [6, 6.07) is 12.7. The van der Waals surface area contributed by atoms with Crippen molar-refractivity contribution in [2.45, 2.75) is 52.4 Å². The van der Waals surface area contributed by atoms with Gasteiger partial charge in [0.25, 0.3) is 11.7 Å². The Labute approximate surface area is 224 Å². The summed E-state index contributed by atoms with van der Waals surface area (Å²) in [5, 5.41) is 1.36. The van der Waals surface area contributed by atoms with Crippen molar-refractivity contribution in [1.82, 2.24) is 14.9 Å². The molecule has 0 radical (unpaired) electrons. The van der Waals surface area contributed by atoms with Crippen LogP contribution in [0.4, 0.5) is 18.0 Å². The van der Waals surface area contributed by atoms with E-state index in [0.717, 1.165) is 16.8 Å². The number of hydrogen-bond acceptors (Lipinski definition) is 5. The minimum atomic E-state index is -5.29. The van der Waals surface area contributed by atoms with Gasteiger partial charge in [-0.2, -0.15) is 13.2 Å². The van der Waals surface area contributed by atoms with E-state index < -0.39 is 54.3 Å². The van der Waals surface area contributed by atoms with E-state index in [1.807, 2.05) is 0 Å². The first-order valence-electron chi connectivity index (χ1n) is 12.4. The molecular formula is C28H30F3N3O5. The van der Waals surface area contributed by atoms with E-state index >= 15 is 0 Å². The number of amides is 3. The summed E-state index contributed by atoms with van der Waals surface area (Å²) in [6.45, 7) is 5.89. The summed E-state index contributed by atoms with van der Waals surface area (Å²) in [4.78, 5) is 54.0. The second kappa shape index (κ2) is 12.1. The van der Waals surface area contributed by atoms with Crippen LogP contribution in [0.1, 0.15) is 38.8 Å². The van der Waals surface area contributed by atoms with Crippen molar-refractivity contribution < 1.29 is 37.1 Å². The third-order valence-corrected chi connectivity index (χ3v) is 6.12. The number of ketones is 1. The number of rotatable bonds is 8. The average Bonchev–Trinajstić information content (AvgIpc) is 2.88. The summed E-state index contributed by atoms with van der Waals surface area (Å²) in [6.07, 6.45) is -5.36. The number of nitrogens with zero attached hydrogens (tertiary/aromatic N) is 3. The first kappa shape index (κ1) is 29.4. The Balaban J connectivity index is 2.28. The molecule has 2 atom stereocenters. The number of hydrogen-bond donors (Lipinski definition) is 0. The van der Waals surface area contributed by atoms with Gasteiger partial charge in [-0.1, -0.05) is 74.5 Å². The number of benzene rings is 2. The quantitative estimate of drug-likeness (QED) is 0.475. The number of carbonyl (C=O) groups is 4. The molecule has 0 saturated heterocycles. The Kier molecular flexibility index (Phi) is 9.15. The Morgan fingerprint density at radius 1 is 1.00 bits per heavy atom. The molecule has 0 bridgehead atoms. The molecule has 2 aromatic carbocycles. The maximum Gasteiger partial charge on any atom is 0.452 e. The molecule has 1 aliphatic heterocycles. The second-order valence-electron chi connectivity index (χ2n) is 9.26. The Hall–Kier alpha value is -4.15. The van der Waals surface area contributed by atoms with E-state index in [0.29, 0.717) is 16.1 Å². The van der Waals surface area contributed by atoms with E-state index in [-0.39, 0.29) is 12.3 Å². The summed E-state index contributed by atoms with van der Waals surface area (Å²) in [7, 11) is 0. The fraction of sp³-hybridized carbons (Fsp3) is 0.357. The summed E-state index contributed by atoms with van der Waals surface area (Å²) < 4.78 is 46.8. The summed E-state index contributed by atoms with van der Waals surface area (Å²) in [5.41, 5.74) is 0.620. The lowest BCUT2D eigenvalue weighted by Crippen LogP contribution is -2.64. The second-order valence-corrected chi connectivity index (χ2v) is 9.26. The molecule has 1 heterocycles. The predicted octanol–water partition coefficient (Wildman–Crippen LogP) is 4.82. The monoisotopic (exact) mass is 545 g/mol. The van der Waals surface area contributed by atoms with Crippen LogP contribution in [0.25, 0.3) is 5.70 Å². The lowest BCUT2D eigenvalue weighted by atomic mass is 9.97. The molecule has 0 N–H and O–H groups in total. The van der Waals surface area contributed by atoms with Gasteiger partial charge in [-0.05, 0) is 18.4 Å². The molecule has 0 aromatic heterocycles. The molecule has 2 unspecified atom stereocenters. The normalized spacial score (nSPS) is 16.6. The molecule has 2 aromatic rings. The highest BCUT2D eigenvalue weighted by molar-refractivity contribution is 5.99. The number of hydrazine groups is 1. The van der Waals surface area contributed by atoms with Crippen LogP contribution in [0.3, 0.4) is 0 Å². The molecule has 0 spiro atoms. The standard InChI is InChI=1S/C28H30F3N3O5/c1-5-39-27(38)32-17-23(21-14-10-7-11-15-21)34(26(37)24(32)18(2)3)33(19(4)35)22(25(36)28(29,30)31)16-20-12-8-6-9-13-20/h6-15,17-18,22,24H,5,16H2,1-4H3. The maximum atomic E-state index is 14.1. The van der Waals surface area contributed by atoms with E-state index in [2.05, 4.69) is 0 Å². The molecule has 3 rings (SSSR count). The number of ether oxygens (including phenoxy) is 1. The van der Waals surface area contributed by atoms with Crippen LogP contribution in [-0.4, -0.2) is 63.5 Å². The van der Waals surface area contributed by atoms with Crippen molar-refractivity contribution in [3.63, 3.8) is 0 Å². The topological polar surface area (TPSA) is 87.2 Å². The largest absolute Gasteiger partial charge is 0.452 e. The van der Waals surface area contributed by atoms with Gasteiger partial charge in [0.15, 0.2) is 0 Å². The van der Waals surface area contributed by atoms with Gasteiger partial charge in [0.05, 0.1) is 12.3 Å². The van der Waals surface area contributed by atoms with Gasteiger partial charge in [0, 0.05) is 25.1 Å². The first-order valence-corrected chi connectivity index (χ1v) is 12.4. The van der Waals surface area contributed by atoms with Crippen LogP contribution >= 0.6 is 0 Å². The Morgan fingerprint density at radius 2 is 1.56 bits per heavy atom. The highest BCUT2D eigenvalue weighted by Crippen LogP contribution is 2.34. The smallest absolute Gasteiger partial charge is 0.449 e. The molecule has 0 aliphatic carbocycles. The van der Waals surface area contributed by atoms with Gasteiger partial charge < -0.3 is 4.74 Å². The lowest BCUT2D eigenvalue weighted by Gasteiger charge is -2.46. The van der Waals surface area contributed by atoms with Crippen LogP contribution in [0.2, 0.25) is 0 Å². The van der Waals surface area contributed by atoms with Gasteiger partial charge in [-0.25, -0.2) is 14.8 Å². The van der Waals surface area contributed by atoms with Crippen molar-refractivity contribution in [3.8, 4) is 0 Å². The third-order valence-electron chi connectivity index (χ3n) is 6.12. The summed E-state index contributed by atoms with van der Waals surface area (Å²) in [5.74, 6) is -4.54. The van der Waals surface area contributed by atoms with E-state index in [9.17, 15) is 32.3 Å². The molecule has 3 amide bonds. The molecule has 1 aliphatic rings. The van der Waals surface area contributed by atoms with Crippen molar-refractivity contribution in [1.29, 1.82) is 0 Å². The van der Waals surface area contributed by atoms with Crippen LogP contribution in [0, 0.1) is 5.92 Å². The molecular weight excluding hydrogens is 515 g/mol. The van der Waals surface area contributed by atoms with Crippen molar-refractivity contribution >= 4 is 29.4 Å². The fourth-order valence-electron chi connectivity index (χ4n) is 4.44. The molecule has 208 valence electrons. The predicted molar refractivity (Wildman–Crippen MR) is 136 cm³/mol. The first-order chi connectivity index (χ1) is 18.4. The van der Waals surface area contributed by atoms with Crippen LogP contribution in [-0.2, 0) is 25.5 Å². The minimum absolute atomic E-state index is 0.0192. The molecule has 8 nitrogen and oxygen atoms in total. The van der Waals surface area contributed by atoms with Crippen molar-refractivity contribution in [3.05, 3.63) is 78.0 Å². The van der Waals surface area contributed by atoms with Crippen molar-refractivity contribution in [2.75, 3.05) is 6.61 Å². The van der Waals surface area contributed by atoms with E-state index in [1.54, 1.807) is 69.3 Å². The van der Waals surface area contributed by atoms with Gasteiger partial charge in [0.2, 0.25) is 5.91 Å². The zero-order chi connectivity index (χ0) is 28.9. The zero-order valence-corrected chi connectivity index (χ0v) is 22.0. The summed E-state index contributed by atoms with van der Waals surface area (Å²) >= 11 is 0. The number of Topliss-reactive ketones (excluding diaryl/α,β-unsaturated/α-hetero) is 1. The van der Waals surface area contributed by atoms with Crippen molar-refractivity contribution in [2.24, 2.45) is 5.92 Å². The van der Waals surface area contributed by atoms with Gasteiger partial charge in [-0.15, -0.1) is 0 Å². The van der Waals surface area contributed by atoms with Gasteiger partial charge in [0.1, 0.15) is 12.1 Å². The Bertz CT molecular complexity index is 1230. The number of alkyl halides is 3. The molecule has 11 heteroatoms. The highest BCUT2D eigenvalue weighted by atomic mass is 19.4. The minimum Gasteiger partial charge on any atom is -0.449 e. The van der Waals surface area contributed by atoms with E-state index in [4.69, 9.17) is 4.74 Å². The van der Waals surface area contributed by atoms with Gasteiger partial charge in [-0.3, -0.25) is 19.3 Å². The lowest BCUT2D eigenvalue weighted by molar-refractivity contribution is -0.187. The highest BCUT2D eigenvalue weighted by Gasteiger charge is 2.51. The SMILES string of the molecule is CCOC(=O)N1C=C(c2ccccc2)N(N(C(C)=O)C(Cc2ccccc2)C(=O)C(F)(F)F)C(=O)C1C(C)C. The number of halogens is 3. The van der Waals surface area contributed by atoms with Crippen LogP contribution < -0.4 is 0 Å². The zero-order valence-electron chi connectivity index (χ0n) is 22.0. The van der Waals surface area contributed by atoms with Crippen LogP contribution in [0.5, 0.6) is 0 Å². The average molecular weight is 546 g/mol. The molecule has 0 fully saturated rings. The third kappa shape index (κ3) is 6.47. The van der Waals surface area contributed by atoms with E-state index in [1.165, 1.54) is 18.3 Å². The fourth-order valence-corrected chi connectivity index (χ4v) is 4.44.